The normalized spacial score (nSPS) is 12.2. The van der Waals surface area contributed by atoms with Gasteiger partial charge in [0.1, 0.15) is 5.58 Å². The fraction of sp³-hybridized carbons (Fsp3) is 0.172. The number of carbonyl (C=O) groups is 1. The summed E-state index contributed by atoms with van der Waals surface area (Å²) in [6.07, 6.45) is 0.535. The highest BCUT2D eigenvalue weighted by Gasteiger charge is 2.21. The fourth-order valence-corrected chi connectivity index (χ4v) is 4.22. The number of hydrogen-bond donors (Lipinski definition) is 0. The van der Waals surface area contributed by atoms with E-state index in [0.717, 1.165) is 5.39 Å². The lowest BCUT2D eigenvalue weighted by atomic mass is 10.2. The Hall–Kier alpha value is -4.63. The molecule has 5 rings (SSSR count). The average Bonchev–Trinajstić information content (AvgIpc) is 3.36. The van der Waals surface area contributed by atoms with Crippen LogP contribution < -0.4 is 15.0 Å². The highest BCUT2D eigenvalue weighted by Crippen LogP contribution is 2.32. The van der Waals surface area contributed by atoms with Gasteiger partial charge in [0, 0.05) is 16.0 Å². The lowest BCUT2D eigenvalue weighted by Crippen LogP contribution is -2.26. The number of carbonyl (C=O) groups excluding carboxylic acids is 1. The van der Waals surface area contributed by atoms with E-state index in [4.69, 9.17) is 30.2 Å². The number of esters is 1. The molecule has 198 valence electrons. The van der Waals surface area contributed by atoms with E-state index in [-0.39, 0.29) is 18.2 Å². The number of aromatic nitrogens is 2. The van der Waals surface area contributed by atoms with Crippen molar-refractivity contribution in [2.24, 2.45) is 5.10 Å². The van der Waals surface area contributed by atoms with Crippen LogP contribution in [0, 0.1) is 0 Å². The van der Waals surface area contributed by atoms with Gasteiger partial charge in [-0.3, -0.25) is 4.79 Å². The SMILES string of the molecule is CCOC(=O)[C@H](C)Oc1c(C=Nn2c(-c3cc4cc(Cl)ccc4o3)nc3ccccc3c2=O)cccc1OC. The Morgan fingerprint density at radius 1 is 1.15 bits per heavy atom. The zero-order chi connectivity index (χ0) is 27.5. The molecule has 10 heteroatoms. The van der Waals surface area contributed by atoms with E-state index in [1.165, 1.54) is 18.0 Å². The van der Waals surface area contributed by atoms with E-state index in [2.05, 4.69) is 10.1 Å². The molecule has 1 atom stereocenters. The fourth-order valence-electron chi connectivity index (χ4n) is 4.04. The van der Waals surface area contributed by atoms with E-state index < -0.39 is 17.6 Å². The molecule has 2 aromatic heterocycles. The van der Waals surface area contributed by atoms with Gasteiger partial charge in [-0.2, -0.15) is 9.78 Å². The molecule has 9 nitrogen and oxygen atoms in total. The number of para-hydroxylation sites is 2. The Morgan fingerprint density at radius 3 is 2.77 bits per heavy atom. The molecule has 0 radical (unpaired) electrons. The first-order chi connectivity index (χ1) is 18.9. The van der Waals surface area contributed by atoms with Crippen molar-refractivity contribution in [3.63, 3.8) is 0 Å². The molecular weight excluding hydrogens is 522 g/mol. The van der Waals surface area contributed by atoms with Crippen LogP contribution in [0.15, 0.2) is 81.0 Å². The van der Waals surface area contributed by atoms with E-state index in [1.54, 1.807) is 80.6 Å². The molecular formula is C29H24ClN3O6. The second-order valence-corrected chi connectivity index (χ2v) is 8.93. The quantitative estimate of drug-likeness (QED) is 0.182. The maximum atomic E-state index is 13.6. The zero-order valence-corrected chi connectivity index (χ0v) is 22.1. The van der Waals surface area contributed by atoms with Gasteiger partial charge in [0.25, 0.3) is 5.56 Å². The summed E-state index contributed by atoms with van der Waals surface area (Å²) in [5, 5.41) is 6.19. The van der Waals surface area contributed by atoms with Crippen molar-refractivity contribution < 1.29 is 23.4 Å². The summed E-state index contributed by atoms with van der Waals surface area (Å²) in [6.45, 7) is 3.52. The van der Waals surface area contributed by atoms with Crippen molar-refractivity contribution in [1.29, 1.82) is 0 Å². The monoisotopic (exact) mass is 545 g/mol. The van der Waals surface area contributed by atoms with Gasteiger partial charge in [-0.25, -0.2) is 9.78 Å². The molecule has 0 aliphatic rings. The number of methoxy groups -OCH3 is 1. The molecule has 5 aromatic rings. The average molecular weight is 546 g/mol. The summed E-state index contributed by atoms with van der Waals surface area (Å²) in [6, 6.07) is 19.1. The molecule has 0 spiro atoms. The third kappa shape index (κ3) is 5.21. The van der Waals surface area contributed by atoms with Gasteiger partial charge in [-0.15, -0.1) is 0 Å². The minimum Gasteiger partial charge on any atom is -0.493 e. The van der Waals surface area contributed by atoms with Crippen LogP contribution in [0.2, 0.25) is 5.02 Å². The second kappa shape index (κ2) is 11.0. The molecule has 2 heterocycles. The predicted molar refractivity (Wildman–Crippen MR) is 149 cm³/mol. The Balaban J connectivity index is 1.64. The number of halogens is 1. The number of rotatable bonds is 8. The minimum absolute atomic E-state index is 0.201. The lowest BCUT2D eigenvalue weighted by molar-refractivity contribution is -0.150. The van der Waals surface area contributed by atoms with Crippen molar-refractivity contribution >= 4 is 45.7 Å². The summed E-state index contributed by atoms with van der Waals surface area (Å²) in [5.74, 6) is 0.672. The molecule has 0 N–H and O–H groups in total. The van der Waals surface area contributed by atoms with E-state index >= 15 is 0 Å². The van der Waals surface area contributed by atoms with Crippen LogP contribution in [-0.2, 0) is 9.53 Å². The highest BCUT2D eigenvalue weighted by atomic mass is 35.5. The van der Waals surface area contributed by atoms with Gasteiger partial charge in [0.15, 0.2) is 23.4 Å². The summed E-state index contributed by atoms with van der Waals surface area (Å²) in [5.41, 5.74) is 1.16. The molecule has 0 bridgehead atoms. The summed E-state index contributed by atoms with van der Waals surface area (Å²) < 4.78 is 23.6. The predicted octanol–water partition coefficient (Wildman–Crippen LogP) is 5.68. The third-order valence-electron chi connectivity index (χ3n) is 5.91. The first-order valence-electron chi connectivity index (χ1n) is 12.2. The van der Waals surface area contributed by atoms with Crippen molar-refractivity contribution in [1.82, 2.24) is 9.66 Å². The third-order valence-corrected chi connectivity index (χ3v) is 6.14. The summed E-state index contributed by atoms with van der Waals surface area (Å²) in [7, 11) is 1.49. The van der Waals surface area contributed by atoms with E-state index in [0.29, 0.717) is 38.6 Å². The number of nitrogens with zero attached hydrogens (tertiary/aromatic N) is 3. The molecule has 0 saturated heterocycles. The Morgan fingerprint density at radius 2 is 1.97 bits per heavy atom. The highest BCUT2D eigenvalue weighted by molar-refractivity contribution is 6.31. The van der Waals surface area contributed by atoms with Gasteiger partial charge in [-0.1, -0.05) is 29.8 Å². The molecule has 0 saturated carbocycles. The Kier molecular flexibility index (Phi) is 7.33. The molecule has 0 fully saturated rings. The number of ether oxygens (including phenoxy) is 3. The zero-order valence-electron chi connectivity index (χ0n) is 21.4. The summed E-state index contributed by atoms with van der Waals surface area (Å²) >= 11 is 6.15. The van der Waals surface area contributed by atoms with Gasteiger partial charge in [0.2, 0.25) is 5.82 Å². The van der Waals surface area contributed by atoms with Gasteiger partial charge >= 0.3 is 5.97 Å². The van der Waals surface area contributed by atoms with Crippen LogP contribution in [0.25, 0.3) is 33.5 Å². The van der Waals surface area contributed by atoms with E-state index in [9.17, 15) is 9.59 Å². The summed E-state index contributed by atoms with van der Waals surface area (Å²) in [4.78, 5) is 30.5. The number of fused-ring (bicyclic) bond motifs is 2. The number of benzene rings is 3. The van der Waals surface area contributed by atoms with Crippen LogP contribution in [-0.4, -0.2) is 41.7 Å². The van der Waals surface area contributed by atoms with Crippen LogP contribution in [0.3, 0.4) is 0 Å². The molecule has 0 aliphatic carbocycles. The topological polar surface area (TPSA) is 105 Å². The second-order valence-electron chi connectivity index (χ2n) is 8.50. The number of furan rings is 1. The van der Waals surface area contributed by atoms with Crippen LogP contribution in [0.1, 0.15) is 19.4 Å². The van der Waals surface area contributed by atoms with Gasteiger partial charge in [0.05, 0.1) is 30.8 Å². The Bertz CT molecular complexity index is 1770. The van der Waals surface area contributed by atoms with Crippen molar-refractivity contribution in [3.05, 3.63) is 87.7 Å². The van der Waals surface area contributed by atoms with Crippen LogP contribution >= 0.6 is 11.6 Å². The standard InChI is InChI=1S/C29H24ClN3O6/c1-4-37-29(35)17(2)38-26-18(8-7-11-24(26)36-3)16-31-33-27(32-22-10-6-5-9-21(22)28(33)34)25-15-19-14-20(30)12-13-23(19)39-25/h5-17H,4H2,1-3H3/t17-/m0/s1. The largest absolute Gasteiger partial charge is 0.493 e. The molecule has 39 heavy (non-hydrogen) atoms. The Labute approximate surface area is 228 Å². The first-order valence-corrected chi connectivity index (χ1v) is 12.5. The molecule has 0 amide bonds. The smallest absolute Gasteiger partial charge is 0.347 e. The minimum atomic E-state index is -0.906. The van der Waals surface area contributed by atoms with Gasteiger partial charge < -0.3 is 18.6 Å². The molecule has 3 aromatic carbocycles. The molecule has 0 unspecified atom stereocenters. The molecule has 0 aliphatic heterocycles. The van der Waals surface area contributed by atoms with Crippen molar-refractivity contribution in [2.45, 2.75) is 20.0 Å². The van der Waals surface area contributed by atoms with Crippen LogP contribution in [0.5, 0.6) is 11.5 Å². The number of hydrogen-bond acceptors (Lipinski definition) is 8. The van der Waals surface area contributed by atoms with Crippen LogP contribution in [0.4, 0.5) is 0 Å². The van der Waals surface area contributed by atoms with Crippen molar-refractivity contribution in [2.75, 3.05) is 13.7 Å². The van der Waals surface area contributed by atoms with Gasteiger partial charge in [-0.05, 0) is 62.4 Å². The lowest BCUT2D eigenvalue weighted by Gasteiger charge is -2.17. The van der Waals surface area contributed by atoms with E-state index in [1.807, 2.05) is 0 Å². The maximum Gasteiger partial charge on any atom is 0.347 e. The maximum absolute atomic E-state index is 13.6. The van der Waals surface area contributed by atoms with Crippen molar-refractivity contribution in [3.8, 4) is 23.1 Å². The first kappa shape index (κ1) is 26.0.